The fourth-order valence-electron chi connectivity index (χ4n) is 2.56. The molecule has 1 fully saturated rings. The molecule has 0 spiro atoms. The number of carbonyl (C=O) groups is 2. The molecule has 0 radical (unpaired) electrons. The number of rotatable bonds is 6. The van der Waals surface area contributed by atoms with Gasteiger partial charge in [0.25, 0.3) is 0 Å². The van der Waals surface area contributed by atoms with Crippen LogP contribution in [0.5, 0.6) is 0 Å². The Morgan fingerprint density at radius 1 is 1.09 bits per heavy atom. The highest BCUT2D eigenvalue weighted by Crippen LogP contribution is 2.18. The molecule has 0 saturated heterocycles. The van der Waals surface area contributed by atoms with Gasteiger partial charge in [0, 0.05) is 11.7 Å². The van der Waals surface area contributed by atoms with E-state index < -0.39 is 0 Å². The standard InChI is InChI=1S/C17H24N2O3S/c1-12-2-4-13(5-3-12)18-16(21)10-23-11-17(22)19-14-6-8-15(20)9-7-14/h2-5,14-15,20H,6-11H2,1H3,(H,18,21)(H,19,22). The van der Waals surface area contributed by atoms with E-state index in [0.717, 1.165) is 36.9 Å². The van der Waals surface area contributed by atoms with Gasteiger partial charge in [-0.25, -0.2) is 0 Å². The number of thioether (sulfide) groups is 1. The summed E-state index contributed by atoms with van der Waals surface area (Å²) in [6.07, 6.45) is 2.92. The molecular formula is C17H24N2O3S. The van der Waals surface area contributed by atoms with Gasteiger partial charge >= 0.3 is 0 Å². The van der Waals surface area contributed by atoms with Gasteiger partial charge in [0.15, 0.2) is 0 Å². The third-order valence-electron chi connectivity index (χ3n) is 3.86. The number of carbonyl (C=O) groups excluding carboxylic acids is 2. The molecule has 0 unspecified atom stereocenters. The average molecular weight is 336 g/mol. The van der Waals surface area contributed by atoms with Crippen molar-refractivity contribution in [3.05, 3.63) is 29.8 Å². The van der Waals surface area contributed by atoms with Gasteiger partial charge in [0.05, 0.1) is 17.6 Å². The van der Waals surface area contributed by atoms with Gasteiger partial charge in [0.2, 0.25) is 11.8 Å². The lowest BCUT2D eigenvalue weighted by Crippen LogP contribution is -2.39. The number of aliphatic hydroxyl groups excluding tert-OH is 1. The summed E-state index contributed by atoms with van der Waals surface area (Å²) in [4.78, 5) is 23.7. The number of aryl methyl sites for hydroxylation is 1. The van der Waals surface area contributed by atoms with Crippen molar-refractivity contribution in [2.75, 3.05) is 16.8 Å². The van der Waals surface area contributed by atoms with Crippen molar-refractivity contribution in [2.45, 2.75) is 44.8 Å². The van der Waals surface area contributed by atoms with Crippen molar-refractivity contribution in [3.63, 3.8) is 0 Å². The van der Waals surface area contributed by atoms with Crippen molar-refractivity contribution in [1.29, 1.82) is 0 Å². The lowest BCUT2D eigenvalue weighted by atomic mass is 9.93. The van der Waals surface area contributed by atoms with E-state index in [9.17, 15) is 14.7 Å². The summed E-state index contributed by atoms with van der Waals surface area (Å²) in [6.45, 7) is 1.99. The Morgan fingerprint density at radius 2 is 1.70 bits per heavy atom. The number of hydrogen-bond donors (Lipinski definition) is 3. The molecular weight excluding hydrogens is 312 g/mol. The first-order valence-electron chi connectivity index (χ1n) is 7.94. The minimum Gasteiger partial charge on any atom is -0.393 e. The molecule has 1 aliphatic rings. The third kappa shape index (κ3) is 6.62. The predicted molar refractivity (Wildman–Crippen MR) is 93.5 cm³/mol. The van der Waals surface area contributed by atoms with E-state index in [1.54, 1.807) is 0 Å². The smallest absolute Gasteiger partial charge is 0.234 e. The van der Waals surface area contributed by atoms with Crippen LogP contribution in [0, 0.1) is 6.92 Å². The molecule has 0 atom stereocenters. The van der Waals surface area contributed by atoms with Gasteiger partial charge in [-0.15, -0.1) is 11.8 Å². The molecule has 1 saturated carbocycles. The molecule has 1 aromatic rings. The molecule has 2 amide bonds. The Morgan fingerprint density at radius 3 is 2.35 bits per heavy atom. The number of nitrogens with one attached hydrogen (secondary N) is 2. The number of anilines is 1. The van der Waals surface area contributed by atoms with Crippen LogP contribution in [-0.4, -0.2) is 40.6 Å². The zero-order valence-electron chi connectivity index (χ0n) is 13.4. The van der Waals surface area contributed by atoms with E-state index >= 15 is 0 Å². The topological polar surface area (TPSA) is 78.4 Å². The van der Waals surface area contributed by atoms with E-state index in [0.29, 0.717) is 0 Å². The fourth-order valence-corrected chi connectivity index (χ4v) is 3.19. The highest BCUT2D eigenvalue weighted by molar-refractivity contribution is 8.00. The normalized spacial score (nSPS) is 20.8. The molecule has 126 valence electrons. The van der Waals surface area contributed by atoms with E-state index in [-0.39, 0.29) is 35.5 Å². The van der Waals surface area contributed by atoms with Crippen LogP contribution in [0.4, 0.5) is 5.69 Å². The molecule has 0 bridgehead atoms. The molecule has 6 heteroatoms. The van der Waals surface area contributed by atoms with Crippen molar-refractivity contribution in [2.24, 2.45) is 0 Å². The molecule has 0 heterocycles. The summed E-state index contributed by atoms with van der Waals surface area (Å²) in [7, 11) is 0. The van der Waals surface area contributed by atoms with Gasteiger partial charge in [0.1, 0.15) is 0 Å². The SMILES string of the molecule is Cc1ccc(NC(=O)CSCC(=O)NC2CCC(O)CC2)cc1. The zero-order chi connectivity index (χ0) is 16.7. The summed E-state index contributed by atoms with van der Waals surface area (Å²) in [5, 5.41) is 15.2. The molecule has 3 N–H and O–H groups in total. The highest BCUT2D eigenvalue weighted by atomic mass is 32.2. The summed E-state index contributed by atoms with van der Waals surface area (Å²) in [5.74, 6) is 0.386. The molecule has 1 aliphatic carbocycles. The summed E-state index contributed by atoms with van der Waals surface area (Å²) < 4.78 is 0. The minimum atomic E-state index is -0.219. The quantitative estimate of drug-likeness (QED) is 0.743. The van der Waals surface area contributed by atoms with Gasteiger partial charge in [-0.1, -0.05) is 17.7 Å². The molecule has 2 rings (SSSR count). The van der Waals surface area contributed by atoms with Crippen LogP contribution >= 0.6 is 11.8 Å². The zero-order valence-corrected chi connectivity index (χ0v) is 14.2. The van der Waals surface area contributed by atoms with Crippen LogP contribution in [0.2, 0.25) is 0 Å². The summed E-state index contributed by atoms with van der Waals surface area (Å²) in [6, 6.07) is 7.77. The molecule has 0 aromatic heterocycles. The van der Waals surface area contributed by atoms with Crippen LogP contribution in [0.1, 0.15) is 31.2 Å². The maximum Gasteiger partial charge on any atom is 0.234 e. The lowest BCUT2D eigenvalue weighted by Gasteiger charge is -2.26. The van der Waals surface area contributed by atoms with Crippen LogP contribution < -0.4 is 10.6 Å². The Kier molecular flexibility index (Phi) is 6.92. The molecule has 0 aliphatic heterocycles. The van der Waals surface area contributed by atoms with Gasteiger partial charge in [-0.3, -0.25) is 9.59 Å². The monoisotopic (exact) mass is 336 g/mol. The van der Waals surface area contributed by atoms with E-state index in [1.807, 2.05) is 31.2 Å². The molecule has 23 heavy (non-hydrogen) atoms. The first kappa shape index (κ1) is 17.8. The lowest BCUT2D eigenvalue weighted by molar-refractivity contribution is -0.119. The number of hydrogen-bond acceptors (Lipinski definition) is 4. The number of amides is 2. The Bertz CT molecular complexity index is 525. The van der Waals surface area contributed by atoms with E-state index in [2.05, 4.69) is 10.6 Å². The fraction of sp³-hybridized carbons (Fsp3) is 0.529. The second-order valence-electron chi connectivity index (χ2n) is 5.98. The second kappa shape index (κ2) is 8.93. The number of aliphatic hydroxyl groups is 1. The van der Waals surface area contributed by atoms with Gasteiger partial charge in [-0.2, -0.15) is 0 Å². The first-order chi connectivity index (χ1) is 11.0. The Balaban J connectivity index is 1.61. The van der Waals surface area contributed by atoms with E-state index in [4.69, 9.17) is 0 Å². The maximum atomic E-state index is 11.8. The van der Waals surface area contributed by atoms with Crippen molar-refractivity contribution < 1.29 is 14.7 Å². The van der Waals surface area contributed by atoms with Crippen molar-refractivity contribution >= 4 is 29.3 Å². The molecule has 5 nitrogen and oxygen atoms in total. The van der Waals surface area contributed by atoms with Crippen LogP contribution in [0.25, 0.3) is 0 Å². The summed E-state index contributed by atoms with van der Waals surface area (Å²) in [5.41, 5.74) is 1.91. The summed E-state index contributed by atoms with van der Waals surface area (Å²) >= 11 is 1.31. The Labute approximate surface area is 141 Å². The van der Waals surface area contributed by atoms with Gasteiger partial charge < -0.3 is 15.7 Å². The maximum absolute atomic E-state index is 11.8. The highest BCUT2D eigenvalue weighted by Gasteiger charge is 2.20. The predicted octanol–water partition coefficient (Wildman–Crippen LogP) is 2.09. The van der Waals surface area contributed by atoms with Crippen LogP contribution in [-0.2, 0) is 9.59 Å². The first-order valence-corrected chi connectivity index (χ1v) is 9.10. The minimum absolute atomic E-state index is 0.0421. The van der Waals surface area contributed by atoms with Crippen molar-refractivity contribution in [3.8, 4) is 0 Å². The van der Waals surface area contributed by atoms with Crippen molar-refractivity contribution in [1.82, 2.24) is 5.32 Å². The van der Waals surface area contributed by atoms with Crippen LogP contribution in [0.3, 0.4) is 0 Å². The number of benzene rings is 1. The third-order valence-corrected chi connectivity index (χ3v) is 4.80. The average Bonchev–Trinajstić information content (AvgIpc) is 2.52. The molecule has 1 aromatic carbocycles. The largest absolute Gasteiger partial charge is 0.393 e. The second-order valence-corrected chi connectivity index (χ2v) is 6.97. The van der Waals surface area contributed by atoms with E-state index in [1.165, 1.54) is 11.8 Å². The van der Waals surface area contributed by atoms with Gasteiger partial charge in [-0.05, 0) is 44.7 Å². The Hall–Kier alpha value is -1.53. The van der Waals surface area contributed by atoms with Crippen LogP contribution in [0.15, 0.2) is 24.3 Å².